The Morgan fingerprint density at radius 1 is 1.00 bits per heavy atom. The van der Waals surface area contributed by atoms with Crippen molar-refractivity contribution in [2.75, 3.05) is 19.7 Å². The zero-order valence-electron chi connectivity index (χ0n) is 8.66. The lowest BCUT2D eigenvalue weighted by molar-refractivity contribution is -0.120. The lowest BCUT2D eigenvalue weighted by Crippen LogP contribution is -2.30. The molecule has 0 unspecified atom stereocenters. The van der Waals surface area contributed by atoms with E-state index >= 15 is 0 Å². The van der Waals surface area contributed by atoms with Crippen LogP contribution in [0.3, 0.4) is 0 Å². The fourth-order valence-electron chi connectivity index (χ4n) is 1.01. The summed E-state index contributed by atoms with van der Waals surface area (Å²) in [6, 6.07) is 0. The highest BCUT2D eigenvalue weighted by molar-refractivity contribution is 5.76. The molecule has 0 rings (SSSR count). The van der Waals surface area contributed by atoms with Crippen LogP contribution in [-0.4, -0.2) is 41.9 Å². The third-order valence-electron chi connectivity index (χ3n) is 1.79. The van der Waals surface area contributed by atoms with Crippen molar-refractivity contribution in [2.24, 2.45) is 0 Å². The molecular weight excluding hydrogens is 200 g/mol. The molecule has 88 valence electrons. The first-order valence-electron chi connectivity index (χ1n) is 5.01. The van der Waals surface area contributed by atoms with Crippen LogP contribution in [0.1, 0.15) is 25.7 Å². The second kappa shape index (κ2) is 9.26. The SMILES string of the molecule is O=C(O)NCCC(=O)NCCCCCO. The van der Waals surface area contributed by atoms with Crippen molar-refractivity contribution in [3.8, 4) is 0 Å². The zero-order valence-corrected chi connectivity index (χ0v) is 8.66. The van der Waals surface area contributed by atoms with E-state index in [1.165, 1.54) is 0 Å². The van der Waals surface area contributed by atoms with Crippen LogP contribution >= 0.6 is 0 Å². The van der Waals surface area contributed by atoms with Crippen molar-refractivity contribution in [1.82, 2.24) is 10.6 Å². The normalized spacial score (nSPS) is 9.67. The fourth-order valence-corrected chi connectivity index (χ4v) is 1.01. The van der Waals surface area contributed by atoms with Crippen LogP contribution in [0.4, 0.5) is 4.79 Å². The molecule has 2 amide bonds. The molecule has 0 atom stereocenters. The second-order valence-electron chi connectivity index (χ2n) is 3.12. The molecule has 0 aliphatic heterocycles. The van der Waals surface area contributed by atoms with Gasteiger partial charge in [-0.3, -0.25) is 4.79 Å². The molecule has 0 aliphatic rings. The van der Waals surface area contributed by atoms with E-state index < -0.39 is 6.09 Å². The molecule has 6 nitrogen and oxygen atoms in total. The van der Waals surface area contributed by atoms with Gasteiger partial charge in [0.15, 0.2) is 0 Å². The fraction of sp³-hybridized carbons (Fsp3) is 0.778. The molecular formula is C9H18N2O4. The van der Waals surface area contributed by atoms with Crippen molar-refractivity contribution in [1.29, 1.82) is 0 Å². The highest BCUT2D eigenvalue weighted by Crippen LogP contribution is 1.92. The summed E-state index contributed by atoms with van der Waals surface area (Å²) in [4.78, 5) is 21.1. The summed E-state index contributed by atoms with van der Waals surface area (Å²) in [6.45, 7) is 0.889. The summed E-state index contributed by atoms with van der Waals surface area (Å²) in [7, 11) is 0. The van der Waals surface area contributed by atoms with E-state index in [0.29, 0.717) is 6.54 Å². The van der Waals surface area contributed by atoms with Gasteiger partial charge in [-0.15, -0.1) is 0 Å². The number of carbonyl (C=O) groups is 2. The molecule has 0 aromatic carbocycles. The summed E-state index contributed by atoms with van der Waals surface area (Å²) in [5.41, 5.74) is 0. The van der Waals surface area contributed by atoms with Crippen LogP contribution in [0.5, 0.6) is 0 Å². The number of aliphatic hydroxyl groups is 1. The Morgan fingerprint density at radius 2 is 1.73 bits per heavy atom. The smallest absolute Gasteiger partial charge is 0.404 e. The average Bonchev–Trinajstić information content (AvgIpc) is 2.17. The minimum absolute atomic E-state index is 0.137. The van der Waals surface area contributed by atoms with Gasteiger partial charge in [0.25, 0.3) is 0 Å². The van der Waals surface area contributed by atoms with E-state index in [0.717, 1.165) is 19.3 Å². The van der Waals surface area contributed by atoms with Gasteiger partial charge in [0, 0.05) is 26.1 Å². The molecule has 0 aliphatic carbocycles. The van der Waals surface area contributed by atoms with Crippen LogP contribution in [0.15, 0.2) is 0 Å². The molecule has 0 saturated carbocycles. The standard InChI is InChI=1S/C9H18N2O4/c12-7-3-1-2-5-10-8(13)4-6-11-9(14)15/h11-12H,1-7H2,(H,10,13)(H,14,15). The molecule has 0 heterocycles. The summed E-state index contributed by atoms with van der Waals surface area (Å²) >= 11 is 0. The summed E-state index contributed by atoms with van der Waals surface area (Å²) in [5, 5.41) is 21.5. The van der Waals surface area contributed by atoms with Crippen LogP contribution in [0.2, 0.25) is 0 Å². The molecule has 0 fully saturated rings. The molecule has 4 N–H and O–H groups in total. The number of nitrogens with one attached hydrogen (secondary N) is 2. The van der Waals surface area contributed by atoms with E-state index in [4.69, 9.17) is 10.2 Å². The number of hydrogen-bond acceptors (Lipinski definition) is 3. The van der Waals surface area contributed by atoms with E-state index in [2.05, 4.69) is 10.6 Å². The predicted octanol–water partition coefficient (Wildman–Crippen LogP) is -0.0771. The summed E-state index contributed by atoms with van der Waals surface area (Å²) < 4.78 is 0. The van der Waals surface area contributed by atoms with E-state index in [1.54, 1.807) is 0 Å². The Bertz CT molecular complexity index is 197. The average molecular weight is 218 g/mol. The number of unbranched alkanes of at least 4 members (excludes halogenated alkanes) is 2. The van der Waals surface area contributed by atoms with E-state index in [1.807, 2.05) is 0 Å². The van der Waals surface area contributed by atoms with Crippen molar-refractivity contribution in [3.63, 3.8) is 0 Å². The monoisotopic (exact) mass is 218 g/mol. The van der Waals surface area contributed by atoms with Gasteiger partial charge >= 0.3 is 6.09 Å². The van der Waals surface area contributed by atoms with Gasteiger partial charge in [-0.1, -0.05) is 0 Å². The third-order valence-corrected chi connectivity index (χ3v) is 1.79. The number of rotatable bonds is 8. The van der Waals surface area contributed by atoms with Crippen molar-refractivity contribution in [3.05, 3.63) is 0 Å². The van der Waals surface area contributed by atoms with Gasteiger partial charge in [-0.2, -0.15) is 0 Å². The first kappa shape index (κ1) is 13.7. The highest BCUT2D eigenvalue weighted by atomic mass is 16.4. The second-order valence-corrected chi connectivity index (χ2v) is 3.12. The molecule has 15 heavy (non-hydrogen) atoms. The molecule has 0 aromatic rings. The van der Waals surface area contributed by atoms with Gasteiger partial charge in [0.1, 0.15) is 0 Å². The minimum atomic E-state index is -1.12. The maximum Gasteiger partial charge on any atom is 0.404 e. The van der Waals surface area contributed by atoms with Crippen molar-refractivity contribution < 1.29 is 19.8 Å². The van der Waals surface area contributed by atoms with Crippen LogP contribution < -0.4 is 10.6 Å². The van der Waals surface area contributed by atoms with Crippen molar-refractivity contribution >= 4 is 12.0 Å². The number of amides is 2. The Labute approximate surface area is 88.7 Å². The Kier molecular flexibility index (Phi) is 8.46. The van der Waals surface area contributed by atoms with Crippen LogP contribution in [-0.2, 0) is 4.79 Å². The van der Waals surface area contributed by atoms with E-state index in [9.17, 15) is 9.59 Å². The Balaban J connectivity index is 3.22. The largest absolute Gasteiger partial charge is 0.465 e. The molecule has 0 spiro atoms. The maximum atomic E-state index is 11.1. The van der Waals surface area contributed by atoms with Crippen LogP contribution in [0, 0.1) is 0 Å². The molecule has 0 bridgehead atoms. The number of aliphatic hydroxyl groups excluding tert-OH is 1. The van der Waals surface area contributed by atoms with Gasteiger partial charge in [-0.25, -0.2) is 4.79 Å². The van der Waals surface area contributed by atoms with Gasteiger partial charge in [-0.05, 0) is 19.3 Å². The summed E-state index contributed by atoms with van der Waals surface area (Å²) in [5.74, 6) is -0.159. The number of carbonyl (C=O) groups excluding carboxylic acids is 1. The highest BCUT2D eigenvalue weighted by Gasteiger charge is 2.01. The lowest BCUT2D eigenvalue weighted by Gasteiger charge is -2.04. The first-order chi connectivity index (χ1) is 7.16. The van der Waals surface area contributed by atoms with Gasteiger partial charge < -0.3 is 20.8 Å². The topological polar surface area (TPSA) is 98.7 Å². The third kappa shape index (κ3) is 10.6. The van der Waals surface area contributed by atoms with Gasteiger partial charge in [0.05, 0.1) is 0 Å². The van der Waals surface area contributed by atoms with Gasteiger partial charge in [0.2, 0.25) is 5.91 Å². The molecule has 0 aromatic heterocycles. The zero-order chi connectivity index (χ0) is 11.5. The molecule has 6 heteroatoms. The van der Waals surface area contributed by atoms with E-state index in [-0.39, 0.29) is 25.5 Å². The Morgan fingerprint density at radius 3 is 2.33 bits per heavy atom. The summed E-state index contributed by atoms with van der Waals surface area (Å²) in [6.07, 6.45) is 1.50. The number of carboxylic acid groups (broad SMARTS) is 1. The lowest BCUT2D eigenvalue weighted by atomic mass is 10.2. The quantitative estimate of drug-likeness (QED) is 0.428. The molecule has 0 radical (unpaired) electrons. The number of hydrogen-bond donors (Lipinski definition) is 4. The molecule has 0 saturated heterocycles. The maximum absolute atomic E-state index is 11.1. The Hall–Kier alpha value is -1.30. The van der Waals surface area contributed by atoms with Crippen LogP contribution in [0.25, 0.3) is 0 Å². The predicted molar refractivity (Wildman–Crippen MR) is 54.6 cm³/mol. The first-order valence-corrected chi connectivity index (χ1v) is 5.01. The minimum Gasteiger partial charge on any atom is -0.465 e. The van der Waals surface area contributed by atoms with Crippen molar-refractivity contribution in [2.45, 2.75) is 25.7 Å².